The van der Waals surface area contributed by atoms with Crippen molar-refractivity contribution in [3.05, 3.63) is 108 Å². The summed E-state index contributed by atoms with van der Waals surface area (Å²) in [6.45, 7) is 0. The summed E-state index contributed by atoms with van der Waals surface area (Å²) in [5.74, 6) is 0. The van der Waals surface area contributed by atoms with Crippen LogP contribution in [0.1, 0.15) is 16.7 Å². The number of nitrogens with two attached hydrogens (primary N) is 1. The van der Waals surface area contributed by atoms with Gasteiger partial charge in [-0.25, -0.2) is 0 Å². The van der Waals surface area contributed by atoms with Crippen molar-refractivity contribution >= 4 is 73.2 Å². The Morgan fingerprint density at radius 1 is 0.217 bits per heavy atom. The summed E-state index contributed by atoms with van der Waals surface area (Å²) in [5.41, 5.74) is 9.53. The fourth-order valence-corrected chi connectivity index (χ4v) is 2.60. The quantitative estimate of drug-likeness (QED) is 0.0858. The van der Waals surface area contributed by atoms with Crippen molar-refractivity contribution in [2.45, 2.75) is 5.54 Å². The van der Waals surface area contributed by atoms with Crippen LogP contribution >= 0.6 is 0 Å². The lowest BCUT2D eigenvalue weighted by atomic mass is 9.78. The van der Waals surface area contributed by atoms with E-state index >= 15 is 0 Å². The average molecular weight is 878 g/mol. The highest BCUT2D eigenvalue weighted by molar-refractivity contribution is 6.32. The molecule has 0 fully saturated rings. The number of benzene rings is 3. The highest BCUT2D eigenvalue weighted by atomic mass is 16.6. The molecule has 31 nitrogen and oxygen atoms in total. The minimum Gasteiger partial charge on any atom is -0.402 e. The van der Waals surface area contributed by atoms with Crippen molar-refractivity contribution in [1.29, 1.82) is 0 Å². The van der Waals surface area contributed by atoms with Crippen molar-refractivity contribution in [2.75, 3.05) is 0 Å². The monoisotopic (exact) mass is 879 g/mol. The summed E-state index contributed by atoms with van der Waals surface area (Å²) in [6.07, 6.45) is 0. The average Bonchev–Trinajstić information content (AvgIpc) is 3.03. The van der Waals surface area contributed by atoms with E-state index in [2.05, 4.69) is 36.4 Å². The molecule has 0 aliphatic carbocycles. The van der Waals surface area contributed by atoms with E-state index < -0.39 is 78.8 Å². The van der Waals surface area contributed by atoms with Gasteiger partial charge in [0.05, 0.1) is 5.54 Å². The van der Waals surface area contributed by atoms with Crippen molar-refractivity contribution in [3.63, 3.8) is 0 Å². The number of rotatable bonds is 3. The molecule has 0 unspecified atom stereocenters. The summed E-state index contributed by atoms with van der Waals surface area (Å²) >= 11 is 0. The summed E-state index contributed by atoms with van der Waals surface area (Å²) in [6, 6.07) is 30.7. The highest BCUT2D eigenvalue weighted by Crippen LogP contribution is 2.33. The molecule has 0 spiro atoms. The SMILES string of the molecule is NC(c1ccccc1)(c1ccccc1)c1ccccc1.OB(O)O.OB(O)O.OB(O)O.OB(O)O.OB(O)O.OB(O)O.OB(O)O.OB(O)O.OB(O)O.OB(O)O. The van der Waals surface area contributed by atoms with E-state index in [0.717, 1.165) is 16.7 Å². The van der Waals surface area contributed by atoms with Crippen LogP contribution in [0.4, 0.5) is 0 Å². The third kappa shape index (κ3) is 105. The molecule has 0 bridgehead atoms. The van der Waals surface area contributed by atoms with Gasteiger partial charge in [-0.2, -0.15) is 0 Å². The minimum absolute atomic E-state index is 0.621. The van der Waals surface area contributed by atoms with E-state index in [9.17, 15) is 0 Å². The van der Waals surface area contributed by atoms with Crippen LogP contribution < -0.4 is 5.73 Å². The molecule has 0 aliphatic rings. The Labute approximate surface area is 342 Å². The molecule has 0 radical (unpaired) electrons. The van der Waals surface area contributed by atoms with Crippen molar-refractivity contribution in [1.82, 2.24) is 0 Å². The Balaban J connectivity index is -0.0000000941. The van der Waals surface area contributed by atoms with E-state index in [1.807, 2.05) is 54.6 Å². The van der Waals surface area contributed by atoms with Crippen molar-refractivity contribution < 1.29 is 151 Å². The molecule has 41 heteroatoms. The standard InChI is InChI=1S/C19H17N.10BH3O3/c20-19(16-10-4-1-5-11-16,17-12-6-2-7-13-17)18-14-8-3-9-15-18;10*2-1(3)4/h1-15H,20H2;10*2-4H. The molecule has 0 aromatic heterocycles. The normalized spacial score (nSPS) is 8.25. The fourth-order valence-electron chi connectivity index (χ4n) is 2.60. The summed E-state index contributed by atoms with van der Waals surface area (Å²) in [5, 5.41) is 215. The molecule has 0 aliphatic heterocycles. The Morgan fingerprint density at radius 3 is 0.383 bits per heavy atom. The maximum absolute atomic E-state index is 7.17. The van der Waals surface area contributed by atoms with Crippen molar-refractivity contribution in [2.24, 2.45) is 5.73 Å². The van der Waals surface area contributed by atoms with E-state index in [1.165, 1.54) is 0 Å². The van der Waals surface area contributed by atoms with Crippen LogP contribution in [0, 0.1) is 0 Å². The first-order valence-electron chi connectivity index (χ1n) is 14.5. The van der Waals surface area contributed by atoms with Crippen LogP contribution in [0.2, 0.25) is 0 Å². The molecule has 32 N–H and O–H groups in total. The van der Waals surface area contributed by atoms with Crippen LogP contribution in [-0.2, 0) is 5.54 Å². The lowest BCUT2D eigenvalue weighted by Gasteiger charge is -2.31. The van der Waals surface area contributed by atoms with E-state index in [-0.39, 0.29) is 0 Å². The predicted octanol–water partition coefficient (Wildman–Crippen LogP) is -16.6. The van der Waals surface area contributed by atoms with Gasteiger partial charge in [0.25, 0.3) is 0 Å². The van der Waals surface area contributed by atoms with Gasteiger partial charge in [0.2, 0.25) is 0 Å². The van der Waals surface area contributed by atoms with Gasteiger partial charge in [-0.05, 0) is 16.7 Å². The second kappa shape index (κ2) is 52.2. The first-order valence-corrected chi connectivity index (χ1v) is 14.5. The third-order valence-electron chi connectivity index (χ3n) is 3.69. The van der Waals surface area contributed by atoms with Gasteiger partial charge >= 0.3 is 73.2 Å². The van der Waals surface area contributed by atoms with E-state index in [0.29, 0.717) is 0 Å². The smallest absolute Gasteiger partial charge is 0.402 e. The van der Waals surface area contributed by atoms with Crippen molar-refractivity contribution in [3.8, 4) is 0 Å². The number of hydrogen-bond acceptors (Lipinski definition) is 31. The Morgan fingerprint density at radius 2 is 0.300 bits per heavy atom. The molecule has 3 aromatic carbocycles. The second-order valence-corrected chi connectivity index (χ2v) is 8.37. The Hall–Kier alpha value is -2.93. The molecule has 60 heavy (non-hydrogen) atoms. The molecule has 3 rings (SSSR count). The first-order chi connectivity index (χ1) is 27.1. The topological polar surface area (TPSA) is 633 Å². The maximum atomic E-state index is 7.17. The fraction of sp³-hybridized carbons (Fsp3) is 0.0526. The summed E-state index contributed by atoms with van der Waals surface area (Å²) in [7, 11) is -21.7. The van der Waals surface area contributed by atoms with Crippen LogP contribution in [0.25, 0.3) is 0 Å². The van der Waals surface area contributed by atoms with Crippen LogP contribution in [0.5, 0.6) is 0 Å². The zero-order valence-electron chi connectivity index (χ0n) is 30.4. The maximum Gasteiger partial charge on any atom is 0.631 e. The molecule has 0 saturated carbocycles. The lowest BCUT2D eigenvalue weighted by molar-refractivity contribution is 0.276. The second-order valence-electron chi connectivity index (χ2n) is 8.37. The van der Waals surface area contributed by atoms with Crippen LogP contribution in [-0.4, -0.2) is 224 Å². The van der Waals surface area contributed by atoms with Gasteiger partial charge in [0.15, 0.2) is 0 Å². The van der Waals surface area contributed by atoms with Gasteiger partial charge in [-0.3, -0.25) is 0 Å². The molecule has 338 valence electrons. The predicted molar refractivity (Wildman–Crippen MR) is 207 cm³/mol. The molecule has 0 amide bonds. The summed E-state index contributed by atoms with van der Waals surface area (Å²) in [4.78, 5) is 0. The van der Waals surface area contributed by atoms with E-state index in [4.69, 9.17) is 156 Å². The van der Waals surface area contributed by atoms with Gasteiger partial charge < -0.3 is 156 Å². The van der Waals surface area contributed by atoms with Gasteiger partial charge in [-0.1, -0.05) is 91.0 Å². The zero-order valence-corrected chi connectivity index (χ0v) is 30.4. The van der Waals surface area contributed by atoms with Crippen LogP contribution in [0.3, 0.4) is 0 Å². The summed E-state index contributed by atoms with van der Waals surface area (Å²) < 4.78 is 0. The van der Waals surface area contributed by atoms with E-state index in [1.54, 1.807) is 0 Å². The molecule has 0 heterocycles. The Kier molecular flexibility index (Phi) is 64.8. The van der Waals surface area contributed by atoms with Crippen LogP contribution in [0.15, 0.2) is 91.0 Å². The molecular weight excluding hydrogens is 830 g/mol. The van der Waals surface area contributed by atoms with Gasteiger partial charge in [0.1, 0.15) is 0 Å². The molecule has 0 atom stereocenters. The van der Waals surface area contributed by atoms with Gasteiger partial charge in [0, 0.05) is 0 Å². The minimum atomic E-state index is -2.17. The molecular formula is C19H47B10NO30. The Bertz CT molecular complexity index is 966. The highest BCUT2D eigenvalue weighted by Gasteiger charge is 2.31. The molecule has 3 aromatic rings. The lowest BCUT2D eigenvalue weighted by Crippen LogP contribution is -2.39. The largest absolute Gasteiger partial charge is 0.631 e. The molecule has 0 saturated heterocycles. The zero-order chi connectivity index (χ0) is 49.6. The number of hydrogen-bond donors (Lipinski definition) is 31. The van der Waals surface area contributed by atoms with Gasteiger partial charge in [-0.15, -0.1) is 0 Å². The first kappa shape index (κ1) is 74.5. The third-order valence-corrected chi connectivity index (χ3v) is 3.69.